The van der Waals surface area contributed by atoms with Gasteiger partial charge in [0, 0.05) is 6.54 Å². The summed E-state index contributed by atoms with van der Waals surface area (Å²) in [7, 11) is 1.67. The number of carbonyl (C=O) groups is 1. The number of hydrogen-bond acceptors (Lipinski definition) is 4. The minimum atomic E-state index is -0.0987. The van der Waals surface area contributed by atoms with Crippen LogP contribution in [-0.2, 0) is 4.79 Å². The molecular weight excluding hydrogens is 376 g/mol. The number of ether oxygens (including phenoxy) is 2. The molecule has 162 valence electrons. The zero-order valence-corrected chi connectivity index (χ0v) is 18.4. The molecule has 30 heavy (non-hydrogen) atoms. The lowest BCUT2D eigenvalue weighted by Gasteiger charge is -2.35. The summed E-state index contributed by atoms with van der Waals surface area (Å²) >= 11 is 0. The molecule has 3 rings (SSSR count). The van der Waals surface area contributed by atoms with Crippen LogP contribution in [0.5, 0.6) is 11.5 Å². The van der Waals surface area contributed by atoms with E-state index >= 15 is 0 Å². The Hall–Kier alpha value is -2.53. The third-order valence-corrected chi connectivity index (χ3v) is 5.74. The molecule has 0 radical (unpaired) electrons. The summed E-state index contributed by atoms with van der Waals surface area (Å²) in [6.45, 7) is 7.03. The van der Waals surface area contributed by atoms with Crippen LogP contribution in [0.2, 0.25) is 0 Å². The molecule has 1 aliphatic heterocycles. The lowest BCUT2D eigenvalue weighted by atomic mass is 10.0. The van der Waals surface area contributed by atoms with E-state index in [4.69, 9.17) is 9.47 Å². The Bertz CT molecular complexity index is 781. The van der Waals surface area contributed by atoms with Gasteiger partial charge in [0.25, 0.3) is 5.91 Å². The molecule has 5 heteroatoms. The molecule has 1 aliphatic rings. The molecule has 0 spiro atoms. The van der Waals surface area contributed by atoms with Gasteiger partial charge < -0.3 is 14.8 Å². The number of hydrogen-bond donors (Lipinski definition) is 1. The molecule has 2 aromatic carbocycles. The molecule has 1 N–H and O–H groups in total. The average Bonchev–Trinajstić information content (AvgIpc) is 2.79. The topological polar surface area (TPSA) is 50.8 Å². The molecule has 2 aromatic rings. The molecule has 0 aromatic heterocycles. The first kappa shape index (κ1) is 22.2. The number of benzene rings is 2. The van der Waals surface area contributed by atoms with E-state index in [-0.39, 0.29) is 18.6 Å². The highest BCUT2D eigenvalue weighted by atomic mass is 16.5. The summed E-state index contributed by atoms with van der Waals surface area (Å²) < 4.78 is 11.0. The Labute approximate surface area is 180 Å². The van der Waals surface area contributed by atoms with Crippen molar-refractivity contribution >= 4 is 5.91 Å². The van der Waals surface area contributed by atoms with E-state index in [2.05, 4.69) is 36.2 Å². The Morgan fingerprint density at radius 3 is 2.13 bits per heavy atom. The highest BCUT2D eigenvalue weighted by Gasteiger charge is 2.23. The van der Waals surface area contributed by atoms with Crippen molar-refractivity contribution in [3.63, 3.8) is 0 Å². The first-order valence-electron chi connectivity index (χ1n) is 10.9. The van der Waals surface area contributed by atoms with Crippen LogP contribution < -0.4 is 14.8 Å². The van der Waals surface area contributed by atoms with Crippen molar-refractivity contribution in [2.45, 2.75) is 45.1 Å². The Kier molecular flexibility index (Phi) is 8.14. The number of carbonyl (C=O) groups excluding carboxylic acids is 1. The van der Waals surface area contributed by atoms with Crippen molar-refractivity contribution in [2.24, 2.45) is 0 Å². The molecule has 0 aliphatic carbocycles. The summed E-state index contributed by atoms with van der Waals surface area (Å²) in [5.74, 6) is 1.94. The number of rotatable bonds is 9. The second-order valence-corrected chi connectivity index (χ2v) is 8.20. The quantitative estimate of drug-likeness (QED) is 0.659. The normalized spacial score (nSPS) is 15.6. The number of methoxy groups -OCH3 is 1. The molecule has 0 bridgehead atoms. The summed E-state index contributed by atoms with van der Waals surface area (Å²) in [5.41, 5.74) is 2.46. The Morgan fingerprint density at radius 2 is 1.53 bits per heavy atom. The van der Waals surface area contributed by atoms with Crippen LogP contribution in [0.4, 0.5) is 0 Å². The molecule has 1 heterocycles. The number of piperidine rings is 1. The van der Waals surface area contributed by atoms with Crippen LogP contribution in [0, 0.1) is 0 Å². The van der Waals surface area contributed by atoms with Crippen molar-refractivity contribution in [1.82, 2.24) is 10.2 Å². The van der Waals surface area contributed by atoms with Gasteiger partial charge in [0.15, 0.2) is 6.61 Å². The SMILES string of the molecule is COc1ccc(C(CNC(=O)COc2ccc(C(C)C)cc2)N2CCCCC2)cc1. The van der Waals surface area contributed by atoms with Gasteiger partial charge in [-0.3, -0.25) is 9.69 Å². The zero-order valence-electron chi connectivity index (χ0n) is 18.4. The van der Waals surface area contributed by atoms with E-state index in [1.54, 1.807) is 7.11 Å². The monoisotopic (exact) mass is 410 g/mol. The second-order valence-electron chi connectivity index (χ2n) is 8.20. The molecule has 1 amide bonds. The predicted molar refractivity (Wildman–Crippen MR) is 120 cm³/mol. The van der Waals surface area contributed by atoms with Crippen LogP contribution in [0.25, 0.3) is 0 Å². The number of likely N-dealkylation sites (tertiary alicyclic amines) is 1. The molecule has 0 saturated carbocycles. The van der Waals surface area contributed by atoms with Gasteiger partial charge in [0.05, 0.1) is 13.2 Å². The fourth-order valence-corrected chi connectivity index (χ4v) is 3.87. The van der Waals surface area contributed by atoms with Gasteiger partial charge in [-0.05, 0) is 67.2 Å². The summed E-state index contributed by atoms with van der Waals surface area (Å²) in [6.07, 6.45) is 3.69. The van der Waals surface area contributed by atoms with Gasteiger partial charge >= 0.3 is 0 Å². The van der Waals surface area contributed by atoms with Gasteiger partial charge in [-0.25, -0.2) is 0 Å². The Balaban J connectivity index is 1.56. The van der Waals surface area contributed by atoms with E-state index in [1.165, 1.54) is 30.4 Å². The number of nitrogens with one attached hydrogen (secondary N) is 1. The molecule has 1 saturated heterocycles. The van der Waals surface area contributed by atoms with Crippen molar-refractivity contribution in [2.75, 3.05) is 33.4 Å². The lowest BCUT2D eigenvalue weighted by Crippen LogP contribution is -2.41. The Morgan fingerprint density at radius 1 is 0.933 bits per heavy atom. The van der Waals surface area contributed by atoms with Gasteiger partial charge in [0.2, 0.25) is 0 Å². The van der Waals surface area contributed by atoms with E-state index in [9.17, 15) is 4.79 Å². The van der Waals surface area contributed by atoms with Crippen LogP contribution >= 0.6 is 0 Å². The smallest absolute Gasteiger partial charge is 0.258 e. The largest absolute Gasteiger partial charge is 0.497 e. The number of amides is 1. The van der Waals surface area contributed by atoms with Gasteiger partial charge in [-0.2, -0.15) is 0 Å². The molecular formula is C25H34N2O3. The minimum Gasteiger partial charge on any atom is -0.497 e. The second kappa shape index (κ2) is 11.0. The maximum atomic E-state index is 12.4. The summed E-state index contributed by atoms with van der Waals surface area (Å²) in [6, 6.07) is 16.3. The van der Waals surface area contributed by atoms with Crippen LogP contribution in [0.1, 0.15) is 56.2 Å². The third-order valence-electron chi connectivity index (χ3n) is 5.74. The van der Waals surface area contributed by atoms with Crippen LogP contribution in [0.15, 0.2) is 48.5 Å². The first-order valence-corrected chi connectivity index (χ1v) is 10.9. The zero-order chi connectivity index (χ0) is 21.3. The molecule has 5 nitrogen and oxygen atoms in total. The van der Waals surface area contributed by atoms with E-state index in [0.29, 0.717) is 12.5 Å². The van der Waals surface area contributed by atoms with Gasteiger partial charge in [-0.15, -0.1) is 0 Å². The molecule has 1 unspecified atom stereocenters. The minimum absolute atomic E-state index is 0.0242. The van der Waals surface area contributed by atoms with Crippen molar-refractivity contribution in [3.05, 3.63) is 59.7 Å². The van der Waals surface area contributed by atoms with Crippen molar-refractivity contribution in [1.29, 1.82) is 0 Å². The van der Waals surface area contributed by atoms with E-state index in [0.717, 1.165) is 24.6 Å². The third kappa shape index (κ3) is 6.23. The summed E-state index contributed by atoms with van der Waals surface area (Å²) in [4.78, 5) is 14.9. The maximum Gasteiger partial charge on any atom is 0.258 e. The van der Waals surface area contributed by atoms with Gasteiger partial charge in [0.1, 0.15) is 11.5 Å². The highest BCUT2D eigenvalue weighted by molar-refractivity contribution is 5.77. The maximum absolute atomic E-state index is 12.4. The summed E-state index contributed by atoms with van der Waals surface area (Å²) in [5, 5.41) is 3.07. The fourth-order valence-electron chi connectivity index (χ4n) is 3.87. The highest BCUT2D eigenvalue weighted by Crippen LogP contribution is 2.26. The lowest BCUT2D eigenvalue weighted by molar-refractivity contribution is -0.123. The van der Waals surface area contributed by atoms with Crippen molar-refractivity contribution in [3.8, 4) is 11.5 Å². The van der Waals surface area contributed by atoms with Crippen LogP contribution in [-0.4, -0.2) is 44.2 Å². The first-order chi connectivity index (χ1) is 14.6. The average molecular weight is 411 g/mol. The standard InChI is InChI=1S/C25H34N2O3/c1-19(2)20-7-13-23(14-8-20)30-18-25(28)26-17-24(27-15-5-4-6-16-27)21-9-11-22(29-3)12-10-21/h7-14,19,24H,4-6,15-18H2,1-3H3,(H,26,28). The predicted octanol–water partition coefficient (Wildman–Crippen LogP) is 4.54. The molecule has 1 fully saturated rings. The molecule has 1 atom stereocenters. The van der Waals surface area contributed by atoms with Gasteiger partial charge in [-0.1, -0.05) is 44.5 Å². The van der Waals surface area contributed by atoms with E-state index in [1.807, 2.05) is 36.4 Å². The van der Waals surface area contributed by atoms with E-state index < -0.39 is 0 Å². The fraction of sp³-hybridized carbons (Fsp3) is 0.480. The van der Waals surface area contributed by atoms with Crippen molar-refractivity contribution < 1.29 is 14.3 Å². The number of nitrogens with zero attached hydrogens (tertiary/aromatic N) is 1. The van der Waals surface area contributed by atoms with Crippen LogP contribution in [0.3, 0.4) is 0 Å².